The second-order valence-corrected chi connectivity index (χ2v) is 24.3. The molecule has 0 saturated carbocycles. The average molecular weight is 910 g/mol. The monoisotopic (exact) mass is 910 g/mol. The summed E-state index contributed by atoms with van der Waals surface area (Å²) in [5.74, 6) is 3.39. The lowest BCUT2D eigenvalue weighted by Gasteiger charge is -2.36. The molecule has 0 bridgehead atoms. The molecule has 2 N–H and O–H groups in total. The van der Waals surface area contributed by atoms with Crippen molar-refractivity contribution < 1.29 is 28.5 Å². The van der Waals surface area contributed by atoms with E-state index in [1.165, 1.54) is 0 Å². The Hall–Kier alpha value is -5.45. The van der Waals surface area contributed by atoms with Crippen LogP contribution < -0.4 is 24.6 Å². The molecule has 0 radical (unpaired) electrons. The van der Waals surface area contributed by atoms with Crippen LogP contribution in [0.2, 0.25) is 18.1 Å². The van der Waals surface area contributed by atoms with Crippen LogP contribution in [0.15, 0.2) is 67.0 Å². The lowest BCUT2D eigenvalue weighted by atomic mass is 10.1. The summed E-state index contributed by atoms with van der Waals surface area (Å²) in [6.45, 7) is 25.0. The fraction of sp³-hybridized carbons (Fsp3) is 0.531. The van der Waals surface area contributed by atoms with E-state index in [-0.39, 0.29) is 17.2 Å². The Morgan fingerprint density at radius 3 is 2.00 bits per heavy atom. The van der Waals surface area contributed by atoms with Crippen molar-refractivity contribution in [2.24, 2.45) is 0 Å². The van der Waals surface area contributed by atoms with Crippen molar-refractivity contribution >= 4 is 37.6 Å². The Balaban J connectivity index is 1.36. The lowest BCUT2D eigenvalue weighted by molar-refractivity contribution is 0.0240. The Kier molecular flexibility index (Phi) is 15.7. The quantitative estimate of drug-likeness (QED) is 0.0805. The molecule has 1 aliphatic rings. The highest BCUT2D eigenvalue weighted by Crippen LogP contribution is 2.37. The van der Waals surface area contributed by atoms with Gasteiger partial charge in [-0.25, -0.2) is 19.3 Å². The number of benzene rings is 2. The van der Waals surface area contributed by atoms with Gasteiger partial charge < -0.3 is 43.8 Å². The number of imidazole rings is 1. The minimum Gasteiger partial charge on any atom is -0.497 e. The number of carbonyl (C=O) groups is 1. The molecule has 2 aromatic carbocycles. The Morgan fingerprint density at radius 2 is 1.48 bits per heavy atom. The van der Waals surface area contributed by atoms with E-state index in [1.54, 1.807) is 36.0 Å². The number of piperazine rings is 1. The summed E-state index contributed by atoms with van der Waals surface area (Å²) < 4.78 is 24.9. The van der Waals surface area contributed by atoms with E-state index < -0.39 is 20.0 Å². The van der Waals surface area contributed by atoms with Gasteiger partial charge in [0.1, 0.15) is 29.0 Å². The Morgan fingerprint density at radius 1 is 0.877 bits per heavy atom. The van der Waals surface area contributed by atoms with Crippen molar-refractivity contribution in [3.63, 3.8) is 0 Å². The number of fused-ring (bicyclic) bond motifs is 1. The van der Waals surface area contributed by atoms with Gasteiger partial charge in [-0.15, -0.1) is 5.10 Å². The number of aryl methyl sites for hydroxylation is 1. The Labute approximate surface area is 386 Å². The zero-order valence-electron chi connectivity index (χ0n) is 40.6. The summed E-state index contributed by atoms with van der Waals surface area (Å²) in [5, 5.41) is 21.1. The molecular formula is C49H71N9O6Si. The number of ether oxygens (including phenoxy) is 3. The first-order valence-corrected chi connectivity index (χ1v) is 25.7. The van der Waals surface area contributed by atoms with Crippen molar-refractivity contribution in [2.45, 2.75) is 124 Å². The van der Waals surface area contributed by atoms with Gasteiger partial charge in [0.2, 0.25) is 5.95 Å². The first-order chi connectivity index (χ1) is 30.8. The molecule has 3 aromatic heterocycles. The number of pyridine rings is 1. The number of hydrogen-bond donors (Lipinski definition) is 2. The van der Waals surface area contributed by atoms with Crippen molar-refractivity contribution in [3.05, 3.63) is 94.9 Å². The molecule has 352 valence electrons. The topological polar surface area (TPSA) is 152 Å². The summed E-state index contributed by atoms with van der Waals surface area (Å²) >= 11 is 0. The predicted octanol–water partition coefficient (Wildman–Crippen LogP) is 9.18. The highest BCUT2D eigenvalue weighted by Gasteiger charge is 2.37. The molecule has 0 aliphatic carbocycles. The molecule has 4 heterocycles. The third-order valence-electron chi connectivity index (χ3n) is 12.3. The Bertz CT molecular complexity index is 2290. The van der Waals surface area contributed by atoms with Crippen LogP contribution in [0.3, 0.4) is 0 Å². The number of amides is 1. The third-order valence-corrected chi connectivity index (χ3v) is 16.9. The molecule has 1 fully saturated rings. The van der Waals surface area contributed by atoms with Gasteiger partial charge in [-0.05, 0) is 106 Å². The van der Waals surface area contributed by atoms with Gasteiger partial charge in [-0.2, -0.15) is 4.98 Å². The standard InChI is InChI=1S/C49H71N9O6Si/c1-13-14-38(23-28-63-65(11,12)49(6,7)8)52-46-53-45(57(32-35-15-19-39(61-9)20-16-35)33-36-17-21-40(62-10)22-18-36)44-51-31-41(58(44)54-46)42(59)37-29-34(2)43(50-30-37)55-24-26-56(27-25-55)47(60)64-48(3,4)5/h15-22,29-31,38,42,59H,13-14,23-28,32-33H2,1-12H3,(H,52,54). The van der Waals surface area contributed by atoms with Gasteiger partial charge in [0.15, 0.2) is 19.8 Å². The largest absolute Gasteiger partial charge is 0.497 e. The maximum Gasteiger partial charge on any atom is 0.410 e. The average Bonchev–Trinajstić information content (AvgIpc) is 3.69. The third kappa shape index (κ3) is 12.5. The van der Waals surface area contributed by atoms with Crippen LogP contribution >= 0.6 is 0 Å². The molecular weight excluding hydrogens is 839 g/mol. The second-order valence-electron chi connectivity index (χ2n) is 19.5. The van der Waals surface area contributed by atoms with E-state index in [2.05, 4.69) is 80.2 Å². The fourth-order valence-corrected chi connectivity index (χ4v) is 8.67. The van der Waals surface area contributed by atoms with E-state index in [4.69, 9.17) is 38.7 Å². The van der Waals surface area contributed by atoms with Crippen LogP contribution in [0.5, 0.6) is 11.5 Å². The minimum absolute atomic E-state index is 0.0361. The van der Waals surface area contributed by atoms with E-state index in [0.29, 0.717) is 74.5 Å². The molecule has 1 saturated heterocycles. The summed E-state index contributed by atoms with van der Waals surface area (Å²) in [4.78, 5) is 33.9. The van der Waals surface area contributed by atoms with Crippen molar-refractivity contribution in [1.82, 2.24) is 29.5 Å². The van der Waals surface area contributed by atoms with E-state index in [0.717, 1.165) is 53.3 Å². The number of nitrogens with zero attached hydrogens (tertiary/aromatic N) is 8. The van der Waals surface area contributed by atoms with Crippen molar-refractivity contribution in [3.8, 4) is 11.5 Å². The van der Waals surface area contributed by atoms with Crippen LogP contribution in [0.4, 0.5) is 22.4 Å². The van der Waals surface area contributed by atoms with Crippen molar-refractivity contribution in [1.29, 1.82) is 0 Å². The van der Waals surface area contributed by atoms with E-state index in [1.807, 2.05) is 58.0 Å². The fourth-order valence-electron chi connectivity index (χ4n) is 7.61. The highest BCUT2D eigenvalue weighted by molar-refractivity contribution is 6.74. The normalized spacial score (nSPS) is 14.6. The van der Waals surface area contributed by atoms with Crippen LogP contribution in [-0.2, 0) is 22.3 Å². The van der Waals surface area contributed by atoms with Gasteiger partial charge in [0.25, 0.3) is 0 Å². The van der Waals surface area contributed by atoms with Gasteiger partial charge in [0.05, 0.1) is 26.1 Å². The molecule has 15 nitrogen and oxygen atoms in total. The van der Waals surface area contributed by atoms with E-state index >= 15 is 0 Å². The number of anilines is 3. The van der Waals surface area contributed by atoms with Gasteiger partial charge in [0, 0.05) is 63.7 Å². The number of methoxy groups -OCH3 is 2. The van der Waals surface area contributed by atoms with Crippen LogP contribution in [0, 0.1) is 6.92 Å². The second kappa shape index (κ2) is 20.8. The summed E-state index contributed by atoms with van der Waals surface area (Å²) in [6.07, 6.45) is 4.62. The van der Waals surface area contributed by atoms with Crippen LogP contribution in [0.25, 0.3) is 5.65 Å². The van der Waals surface area contributed by atoms with Crippen LogP contribution in [0.1, 0.15) is 102 Å². The number of aliphatic hydroxyl groups is 1. The molecule has 65 heavy (non-hydrogen) atoms. The number of aliphatic hydroxyl groups excluding tert-OH is 1. The molecule has 2 atom stereocenters. The number of aromatic nitrogens is 5. The zero-order chi connectivity index (χ0) is 47.1. The maximum atomic E-state index is 12.7. The van der Waals surface area contributed by atoms with Gasteiger partial charge in [-0.1, -0.05) is 58.4 Å². The molecule has 0 spiro atoms. The maximum absolute atomic E-state index is 12.7. The molecule has 16 heteroatoms. The smallest absolute Gasteiger partial charge is 0.410 e. The van der Waals surface area contributed by atoms with Gasteiger partial charge >= 0.3 is 6.09 Å². The molecule has 2 unspecified atom stereocenters. The minimum atomic E-state index is -1.96. The number of rotatable bonds is 18. The molecule has 1 aliphatic heterocycles. The molecule has 6 rings (SSSR count). The van der Waals surface area contributed by atoms with Crippen molar-refractivity contribution in [2.75, 3.05) is 62.1 Å². The summed E-state index contributed by atoms with van der Waals surface area (Å²) in [7, 11) is 1.37. The highest BCUT2D eigenvalue weighted by atomic mass is 28.4. The van der Waals surface area contributed by atoms with Crippen LogP contribution in [-0.4, -0.2) is 108 Å². The first kappa shape index (κ1) is 49.0. The molecule has 5 aromatic rings. The first-order valence-electron chi connectivity index (χ1n) is 22.8. The number of nitrogens with one attached hydrogen (secondary N) is 1. The van der Waals surface area contributed by atoms with Gasteiger partial charge in [-0.3, -0.25) is 0 Å². The summed E-state index contributed by atoms with van der Waals surface area (Å²) in [6, 6.07) is 18.0. The number of carbonyl (C=O) groups excluding carboxylic acids is 1. The SMILES string of the molecule is CCCC(CCO[Si](C)(C)C(C)(C)C)Nc1nc(N(Cc2ccc(OC)cc2)Cc2ccc(OC)cc2)c2ncc(C(O)c3cnc(N4CCN(C(=O)OC(C)(C)C)CC4)c(C)c3)n2n1. The summed E-state index contributed by atoms with van der Waals surface area (Å²) in [5.41, 5.74) is 4.05. The zero-order valence-corrected chi connectivity index (χ0v) is 41.6. The van der Waals surface area contributed by atoms with E-state index in [9.17, 15) is 9.90 Å². The predicted molar refractivity (Wildman–Crippen MR) is 260 cm³/mol. The molecule has 1 amide bonds. The lowest BCUT2D eigenvalue weighted by Crippen LogP contribution is -2.50. The number of hydrogen-bond acceptors (Lipinski definition) is 13.